The Morgan fingerprint density at radius 1 is 1.33 bits per heavy atom. The van der Waals surface area contributed by atoms with Gasteiger partial charge in [0.2, 0.25) is 5.91 Å². The first-order valence-electron chi connectivity index (χ1n) is 6.49. The summed E-state index contributed by atoms with van der Waals surface area (Å²) in [4.78, 5) is 13.9. The summed E-state index contributed by atoms with van der Waals surface area (Å²) in [7, 11) is 0. The van der Waals surface area contributed by atoms with Gasteiger partial charge in [0.25, 0.3) is 0 Å². The number of nitrogens with one attached hydrogen (secondary N) is 1. The van der Waals surface area contributed by atoms with Crippen molar-refractivity contribution < 1.29 is 4.79 Å². The molecule has 110 valence electrons. The predicted octanol–water partition coefficient (Wildman–Crippen LogP) is 1.56. The van der Waals surface area contributed by atoms with E-state index in [1.165, 1.54) is 25.9 Å². The molecule has 6 heteroatoms. The molecule has 1 amide bonds. The van der Waals surface area contributed by atoms with E-state index < -0.39 is 0 Å². The molecule has 1 unspecified atom stereocenters. The number of likely N-dealkylation sites (tertiary alicyclic amines) is 1. The third-order valence-electron chi connectivity index (χ3n) is 3.09. The SMILES string of the molecule is CCCC(N)C(=O)NCCCN1CCCC1.Cl.Cl. The fourth-order valence-corrected chi connectivity index (χ4v) is 2.09. The molecule has 1 aliphatic rings. The Morgan fingerprint density at radius 3 is 2.50 bits per heavy atom. The van der Waals surface area contributed by atoms with Gasteiger partial charge in [-0.25, -0.2) is 0 Å². The van der Waals surface area contributed by atoms with Gasteiger partial charge in [-0.05, 0) is 45.3 Å². The Kier molecular flexibility index (Phi) is 13.6. The molecule has 0 aromatic rings. The van der Waals surface area contributed by atoms with Crippen LogP contribution in [0.2, 0.25) is 0 Å². The van der Waals surface area contributed by atoms with E-state index in [0.29, 0.717) is 0 Å². The lowest BCUT2D eigenvalue weighted by atomic mass is 10.1. The normalized spacial score (nSPS) is 16.6. The van der Waals surface area contributed by atoms with Gasteiger partial charge in [0, 0.05) is 6.54 Å². The maximum absolute atomic E-state index is 11.5. The average molecular weight is 300 g/mol. The Hall–Kier alpha value is -0.0300. The van der Waals surface area contributed by atoms with Crippen molar-refractivity contribution in [2.45, 2.75) is 45.1 Å². The van der Waals surface area contributed by atoms with Crippen molar-refractivity contribution >= 4 is 30.7 Å². The van der Waals surface area contributed by atoms with Gasteiger partial charge in [-0.15, -0.1) is 24.8 Å². The fraction of sp³-hybridized carbons (Fsp3) is 0.917. The van der Waals surface area contributed by atoms with Gasteiger partial charge in [0.1, 0.15) is 0 Å². The summed E-state index contributed by atoms with van der Waals surface area (Å²) >= 11 is 0. The van der Waals surface area contributed by atoms with Gasteiger partial charge in [0.15, 0.2) is 0 Å². The summed E-state index contributed by atoms with van der Waals surface area (Å²) in [6.45, 7) is 6.35. The maximum Gasteiger partial charge on any atom is 0.236 e. The monoisotopic (exact) mass is 299 g/mol. The van der Waals surface area contributed by atoms with Crippen molar-refractivity contribution in [1.29, 1.82) is 0 Å². The van der Waals surface area contributed by atoms with E-state index in [0.717, 1.165) is 32.4 Å². The lowest BCUT2D eigenvalue weighted by molar-refractivity contribution is -0.122. The lowest BCUT2D eigenvalue weighted by Gasteiger charge is -2.15. The summed E-state index contributed by atoms with van der Waals surface area (Å²) in [5.74, 6) is 0.00303. The quantitative estimate of drug-likeness (QED) is 0.702. The number of carbonyl (C=O) groups excluding carboxylic acids is 1. The van der Waals surface area contributed by atoms with Gasteiger partial charge in [0.05, 0.1) is 6.04 Å². The molecule has 4 nitrogen and oxygen atoms in total. The van der Waals surface area contributed by atoms with Crippen LogP contribution in [0.15, 0.2) is 0 Å². The molecule has 1 fully saturated rings. The van der Waals surface area contributed by atoms with E-state index in [2.05, 4.69) is 10.2 Å². The van der Waals surface area contributed by atoms with Crippen LogP contribution in [-0.4, -0.2) is 43.0 Å². The summed E-state index contributed by atoms with van der Waals surface area (Å²) in [6.07, 6.45) is 5.42. The number of hydrogen-bond donors (Lipinski definition) is 2. The molecule has 1 heterocycles. The molecule has 1 atom stereocenters. The first-order chi connectivity index (χ1) is 7.74. The molecule has 0 spiro atoms. The molecule has 0 radical (unpaired) electrons. The van der Waals surface area contributed by atoms with Crippen LogP contribution >= 0.6 is 24.8 Å². The molecule has 3 N–H and O–H groups in total. The van der Waals surface area contributed by atoms with Crippen LogP contribution in [0, 0.1) is 0 Å². The molecule has 0 saturated carbocycles. The molecular weight excluding hydrogens is 273 g/mol. The molecule has 1 aliphatic heterocycles. The maximum atomic E-state index is 11.5. The van der Waals surface area contributed by atoms with Crippen molar-refractivity contribution in [1.82, 2.24) is 10.2 Å². The first-order valence-corrected chi connectivity index (χ1v) is 6.49. The largest absolute Gasteiger partial charge is 0.355 e. The molecule has 0 aromatic carbocycles. The summed E-state index contributed by atoms with van der Waals surface area (Å²) < 4.78 is 0. The summed E-state index contributed by atoms with van der Waals surface area (Å²) in [6, 6.07) is -0.322. The minimum Gasteiger partial charge on any atom is -0.355 e. The summed E-state index contributed by atoms with van der Waals surface area (Å²) in [5, 5.41) is 2.90. The van der Waals surface area contributed by atoms with E-state index in [-0.39, 0.29) is 36.8 Å². The Balaban J connectivity index is 0. The standard InChI is InChI=1S/C12H25N3O.2ClH/c1-2-6-11(13)12(16)14-7-5-10-15-8-3-4-9-15;;/h11H,2-10,13H2,1H3,(H,14,16);2*1H. The summed E-state index contributed by atoms with van der Waals surface area (Å²) in [5.41, 5.74) is 5.71. The van der Waals surface area contributed by atoms with Gasteiger partial charge >= 0.3 is 0 Å². The molecular formula is C12H27Cl2N3O. The predicted molar refractivity (Wildman–Crippen MR) is 80.7 cm³/mol. The highest BCUT2D eigenvalue weighted by Crippen LogP contribution is 2.06. The molecule has 0 aliphatic carbocycles. The Morgan fingerprint density at radius 2 is 1.94 bits per heavy atom. The van der Waals surface area contributed by atoms with Crippen molar-refractivity contribution in [3.05, 3.63) is 0 Å². The van der Waals surface area contributed by atoms with Crippen LogP contribution in [0.3, 0.4) is 0 Å². The number of nitrogens with two attached hydrogens (primary N) is 1. The van der Waals surface area contributed by atoms with Gasteiger partial charge in [-0.3, -0.25) is 4.79 Å². The second kappa shape index (κ2) is 12.0. The zero-order valence-electron chi connectivity index (χ0n) is 11.2. The minimum atomic E-state index is -0.322. The number of rotatable bonds is 7. The van der Waals surface area contributed by atoms with Crippen LogP contribution in [-0.2, 0) is 4.79 Å². The van der Waals surface area contributed by atoms with Crippen LogP contribution in [0.25, 0.3) is 0 Å². The average Bonchev–Trinajstić information content (AvgIpc) is 2.77. The van der Waals surface area contributed by atoms with E-state index in [1.54, 1.807) is 0 Å². The van der Waals surface area contributed by atoms with E-state index >= 15 is 0 Å². The number of carbonyl (C=O) groups is 1. The third kappa shape index (κ3) is 8.14. The number of amides is 1. The zero-order chi connectivity index (χ0) is 11.8. The van der Waals surface area contributed by atoms with Crippen molar-refractivity contribution in [2.75, 3.05) is 26.2 Å². The fourth-order valence-electron chi connectivity index (χ4n) is 2.09. The van der Waals surface area contributed by atoms with Gasteiger partial charge in [-0.1, -0.05) is 13.3 Å². The van der Waals surface area contributed by atoms with Gasteiger partial charge in [-0.2, -0.15) is 0 Å². The van der Waals surface area contributed by atoms with E-state index in [9.17, 15) is 4.79 Å². The van der Waals surface area contributed by atoms with Gasteiger partial charge < -0.3 is 16.0 Å². The lowest BCUT2D eigenvalue weighted by Crippen LogP contribution is -2.41. The van der Waals surface area contributed by atoms with Crippen molar-refractivity contribution in [2.24, 2.45) is 5.73 Å². The Bertz CT molecular complexity index is 211. The molecule has 1 saturated heterocycles. The smallest absolute Gasteiger partial charge is 0.236 e. The third-order valence-corrected chi connectivity index (χ3v) is 3.09. The topological polar surface area (TPSA) is 58.4 Å². The molecule has 0 aromatic heterocycles. The minimum absolute atomic E-state index is 0. The van der Waals surface area contributed by atoms with Crippen LogP contribution in [0.1, 0.15) is 39.0 Å². The highest BCUT2D eigenvalue weighted by molar-refractivity contribution is 5.85. The van der Waals surface area contributed by atoms with Crippen LogP contribution in [0.5, 0.6) is 0 Å². The van der Waals surface area contributed by atoms with Crippen LogP contribution < -0.4 is 11.1 Å². The first kappa shape index (κ1) is 20.3. The van der Waals surface area contributed by atoms with E-state index in [1.807, 2.05) is 6.92 Å². The number of halogens is 2. The van der Waals surface area contributed by atoms with E-state index in [4.69, 9.17) is 5.73 Å². The second-order valence-corrected chi connectivity index (χ2v) is 4.59. The number of nitrogens with zero attached hydrogens (tertiary/aromatic N) is 1. The molecule has 18 heavy (non-hydrogen) atoms. The van der Waals surface area contributed by atoms with Crippen LogP contribution in [0.4, 0.5) is 0 Å². The highest BCUT2D eigenvalue weighted by Gasteiger charge is 2.12. The second-order valence-electron chi connectivity index (χ2n) is 4.59. The highest BCUT2D eigenvalue weighted by atomic mass is 35.5. The molecule has 1 rings (SSSR count). The van der Waals surface area contributed by atoms with Crippen molar-refractivity contribution in [3.63, 3.8) is 0 Å². The molecule has 0 bridgehead atoms. The Labute approximate surface area is 123 Å². The number of hydrogen-bond acceptors (Lipinski definition) is 3. The van der Waals surface area contributed by atoms with Crippen molar-refractivity contribution in [3.8, 4) is 0 Å². The zero-order valence-corrected chi connectivity index (χ0v) is 12.8.